The van der Waals surface area contributed by atoms with E-state index in [0.29, 0.717) is 11.3 Å². The van der Waals surface area contributed by atoms with Crippen LogP contribution in [0.2, 0.25) is 0 Å². The van der Waals surface area contributed by atoms with Gasteiger partial charge in [-0.3, -0.25) is 4.79 Å². The lowest BCUT2D eigenvalue weighted by Gasteiger charge is -2.20. The third-order valence-corrected chi connectivity index (χ3v) is 7.47. The first-order valence-electron chi connectivity index (χ1n) is 12.2. The molecule has 0 saturated heterocycles. The molecule has 39 heavy (non-hydrogen) atoms. The van der Waals surface area contributed by atoms with Crippen molar-refractivity contribution >= 4 is 33.0 Å². The SMILES string of the molecule is CCOc1cc2c(cc1C(F)(F)F)NC(=O)CC(c1cccc(-c3ccc(S(=O)(=O)NC(C)(C)C)cc3)c1)=N2. The van der Waals surface area contributed by atoms with Gasteiger partial charge < -0.3 is 10.1 Å². The number of carbonyl (C=O) groups excluding carboxylic acids is 1. The molecule has 0 aliphatic carbocycles. The van der Waals surface area contributed by atoms with Gasteiger partial charge in [0.15, 0.2) is 0 Å². The maximum Gasteiger partial charge on any atom is 0.420 e. The molecule has 3 aromatic carbocycles. The van der Waals surface area contributed by atoms with Gasteiger partial charge in [0.1, 0.15) is 5.75 Å². The van der Waals surface area contributed by atoms with Gasteiger partial charge in [0, 0.05) is 11.6 Å². The maximum atomic E-state index is 13.6. The zero-order valence-electron chi connectivity index (χ0n) is 21.8. The van der Waals surface area contributed by atoms with Gasteiger partial charge in [0.25, 0.3) is 0 Å². The fraction of sp³-hybridized carbons (Fsp3) is 0.286. The van der Waals surface area contributed by atoms with Gasteiger partial charge in [-0.2, -0.15) is 13.2 Å². The van der Waals surface area contributed by atoms with E-state index in [9.17, 15) is 26.4 Å². The number of halogens is 3. The molecule has 0 spiro atoms. The summed E-state index contributed by atoms with van der Waals surface area (Å²) >= 11 is 0. The molecule has 1 aliphatic rings. The van der Waals surface area contributed by atoms with E-state index in [2.05, 4.69) is 15.0 Å². The van der Waals surface area contributed by atoms with Crippen LogP contribution in [0.3, 0.4) is 0 Å². The number of anilines is 1. The fourth-order valence-corrected chi connectivity index (χ4v) is 5.54. The molecule has 0 aromatic heterocycles. The average molecular weight is 560 g/mol. The van der Waals surface area contributed by atoms with Crippen molar-refractivity contribution in [2.45, 2.75) is 50.7 Å². The molecule has 4 rings (SSSR count). The molecule has 0 radical (unpaired) electrons. The summed E-state index contributed by atoms with van der Waals surface area (Å²) in [6.45, 7) is 6.88. The van der Waals surface area contributed by atoms with E-state index in [0.717, 1.165) is 17.2 Å². The standard InChI is InChI=1S/C28H28F3N3O4S/c1-5-38-25-15-24-23(14-21(25)28(29,30)31)33-26(35)16-22(32-24)19-8-6-7-18(13-19)17-9-11-20(12-10-17)39(36,37)34-27(2,3)4/h6-15,34H,5,16H2,1-4H3,(H,33,35). The third kappa shape index (κ3) is 6.66. The lowest BCUT2D eigenvalue weighted by Crippen LogP contribution is -2.40. The first-order chi connectivity index (χ1) is 18.2. The van der Waals surface area contributed by atoms with Crippen molar-refractivity contribution in [2.24, 2.45) is 4.99 Å². The van der Waals surface area contributed by atoms with Crippen LogP contribution in [0.15, 0.2) is 70.6 Å². The summed E-state index contributed by atoms with van der Waals surface area (Å²) in [6.07, 6.45) is -4.83. The smallest absolute Gasteiger partial charge is 0.420 e. The van der Waals surface area contributed by atoms with Crippen molar-refractivity contribution in [3.8, 4) is 16.9 Å². The molecule has 2 N–H and O–H groups in total. The predicted molar refractivity (Wildman–Crippen MR) is 144 cm³/mol. The van der Waals surface area contributed by atoms with Gasteiger partial charge >= 0.3 is 6.18 Å². The van der Waals surface area contributed by atoms with E-state index in [-0.39, 0.29) is 35.0 Å². The number of hydrogen-bond donors (Lipinski definition) is 2. The Kier molecular flexibility index (Phi) is 7.59. The van der Waals surface area contributed by atoms with Crippen LogP contribution in [-0.4, -0.2) is 32.2 Å². The minimum Gasteiger partial charge on any atom is -0.493 e. The largest absolute Gasteiger partial charge is 0.493 e. The molecule has 11 heteroatoms. The summed E-state index contributed by atoms with van der Waals surface area (Å²) in [5, 5.41) is 2.51. The molecular weight excluding hydrogens is 531 g/mol. The molecular formula is C28H28F3N3O4S. The second kappa shape index (κ2) is 10.5. The number of carbonyl (C=O) groups is 1. The van der Waals surface area contributed by atoms with Crippen molar-refractivity contribution in [1.29, 1.82) is 0 Å². The Morgan fingerprint density at radius 3 is 2.26 bits per heavy atom. The van der Waals surface area contributed by atoms with Crippen LogP contribution in [0.25, 0.3) is 11.1 Å². The number of ether oxygens (including phenoxy) is 1. The predicted octanol–water partition coefficient (Wildman–Crippen LogP) is 6.31. The van der Waals surface area contributed by atoms with E-state index in [1.54, 1.807) is 58.0 Å². The number of aliphatic imine (C=N–C) groups is 1. The Labute approximate surface area is 225 Å². The first kappa shape index (κ1) is 28.3. The molecule has 206 valence electrons. The molecule has 7 nitrogen and oxygen atoms in total. The lowest BCUT2D eigenvalue weighted by atomic mass is 9.99. The topological polar surface area (TPSA) is 96.9 Å². The molecule has 0 fully saturated rings. The Morgan fingerprint density at radius 1 is 0.974 bits per heavy atom. The zero-order chi connectivity index (χ0) is 28.6. The molecule has 1 heterocycles. The normalized spacial score (nSPS) is 14.2. The highest BCUT2D eigenvalue weighted by Crippen LogP contribution is 2.43. The van der Waals surface area contributed by atoms with Gasteiger partial charge in [-0.1, -0.05) is 30.3 Å². The Morgan fingerprint density at radius 2 is 1.64 bits per heavy atom. The highest BCUT2D eigenvalue weighted by molar-refractivity contribution is 7.89. The fourth-order valence-electron chi connectivity index (χ4n) is 4.12. The van der Waals surface area contributed by atoms with E-state index in [1.165, 1.54) is 18.2 Å². The van der Waals surface area contributed by atoms with Crippen molar-refractivity contribution in [3.63, 3.8) is 0 Å². The first-order valence-corrected chi connectivity index (χ1v) is 13.6. The number of nitrogens with zero attached hydrogens (tertiary/aromatic N) is 1. The summed E-state index contributed by atoms with van der Waals surface area (Å²) in [7, 11) is -3.70. The van der Waals surface area contributed by atoms with Crippen LogP contribution in [0, 0.1) is 0 Å². The van der Waals surface area contributed by atoms with Crippen LogP contribution in [0.1, 0.15) is 45.2 Å². The van der Waals surface area contributed by atoms with Gasteiger partial charge in [-0.15, -0.1) is 0 Å². The minimum absolute atomic E-state index is 0.0270. The van der Waals surface area contributed by atoms with Crippen LogP contribution in [-0.2, 0) is 21.0 Å². The van der Waals surface area contributed by atoms with Crippen molar-refractivity contribution < 1.29 is 31.1 Å². The van der Waals surface area contributed by atoms with Gasteiger partial charge in [-0.05, 0) is 68.7 Å². The summed E-state index contributed by atoms with van der Waals surface area (Å²) in [4.78, 5) is 17.3. The summed E-state index contributed by atoms with van der Waals surface area (Å²) in [6, 6.07) is 15.5. The Bertz CT molecular complexity index is 1540. The number of nitrogens with one attached hydrogen (secondary N) is 2. The van der Waals surface area contributed by atoms with E-state index < -0.39 is 33.2 Å². The van der Waals surface area contributed by atoms with Crippen molar-refractivity contribution in [2.75, 3.05) is 11.9 Å². The van der Waals surface area contributed by atoms with Crippen molar-refractivity contribution in [3.05, 3.63) is 71.8 Å². The third-order valence-electron chi connectivity index (χ3n) is 5.69. The summed E-state index contributed by atoms with van der Waals surface area (Å²) in [5.74, 6) is -0.871. The second-order valence-electron chi connectivity index (χ2n) is 10.0. The number of sulfonamides is 1. The second-order valence-corrected chi connectivity index (χ2v) is 11.7. The zero-order valence-corrected chi connectivity index (χ0v) is 22.6. The number of alkyl halides is 3. The molecule has 0 bridgehead atoms. The van der Waals surface area contributed by atoms with E-state index in [4.69, 9.17) is 4.74 Å². The van der Waals surface area contributed by atoms with Gasteiger partial charge in [0.05, 0.1) is 40.6 Å². The number of rotatable bonds is 6. The number of hydrogen-bond acceptors (Lipinski definition) is 5. The van der Waals surface area contributed by atoms with E-state index in [1.807, 2.05) is 6.07 Å². The number of benzene rings is 3. The Balaban J connectivity index is 1.71. The van der Waals surface area contributed by atoms with Crippen LogP contribution >= 0.6 is 0 Å². The highest BCUT2D eigenvalue weighted by atomic mass is 32.2. The average Bonchev–Trinajstić information content (AvgIpc) is 2.99. The Hall–Kier alpha value is -3.70. The molecule has 0 saturated carbocycles. The number of fused-ring (bicyclic) bond motifs is 1. The monoisotopic (exact) mass is 559 g/mol. The molecule has 1 amide bonds. The molecule has 0 atom stereocenters. The lowest BCUT2D eigenvalue weighted by molar-refractivity contribution is -0.138. The maximum absolute atomic E-state index is 13.6. The van der Waals surface area contributed by atoms with E-state index >= 15 is 0 Å². The summed E-state index contributed by atoms with van der Waals surface area (Å²) < 4.78 is 73.8. The number of amides is 1. The molecule has 3 aromatic rings. The quantitative estimate of drug-likeness (QED) is 0.370. The van der Waals surface area contributed by atoms with Crippen LogP contribution in [0.5, 0.6) is 5.75 Å². The van der Waals surface area contributed by atoms with Crippen LogP contribution < -0.4 is 14.8 Å². The summed E-state index contributed by atoms with van der Waals surface area (Å²) in [5.41, 5.74) is 0.916. The molecule has 1 aliphatic heterocycles. The molecule has 0 unspecified atom stereocenters. The minimum atomic E-state index is -4.67. The van der Waals surface area contributed by atoms with Crippen molar-refractivity contribution in [1.82, 2.24) is 4.72 Å². The highest BCUT2D eigenvalue weighted by Gasteiger charge is 2.36. The van der Waals surface area contributed by atoms with Gasteiger partial charge in [-0.25, -0.2) is 18.1 Å². The van der Waals surface area contributed by atoms with Gasteiger partial charge in [0.2, 0.25) is 15.9 Å². The van der Waals surface area contributed by atoms with Crippen LogP contribution in [0.4, 0.5) is 24.5 Å².